The third kappa shape index (κ3) is 2.68. The van der Waals surface area contributed by atoms with Crippen LogP contribution in [0.1, 0.15) is 30.5 Å². The SMILES string of the molecule is CC(Cn1cccn1)NC1CCc2cc(F)ccc21. The Balaban J connectivity index is 1.66. The summed E-state index contributed by atoms with van der Waals surface area (Å²) >= 11 is 0. The van der Waals surface area contributed by atoms with Gasteiger partial charge in [0.2, 0.25) is 0 Å². The van der Waals surface area contributed by atoms with Gasteiger partial charge in [-0.05, 0) is 49.1 Å². The molecule has 2 aromatic rings. The Hall–Kier alpha value is -1.68. The van der Waals surface area contributed by atoms with Gasteiger partial charge in [0, 0.05) is 24.5 Å². The van der Waals surface area contributed by atoms with Gasteiger partial charge in [0.15, 0.2) is 0 Å². The van der Waals surface area contributed by atoms with Crippen LogP contribution in [-0.4, -0.2) is 15.8 Å². The molecule has 1 aliphatic rings. The van der Waals surface area contributed by atoms with Crippen LogP contribution in [0.2, 0.25) is 0 Å². The van der Waals surface area contributed by atoms with Crippen LogP contribution in [0.15, 0.2) is 36.7 Å². The maximum atomic E-state index is 13.2. The van der Waals surface area contributed by atoms with Crippen LogP contribution in [0.5, 0.6) is 0 Å². The van der Waals surface area contributed by atoms with Crippen LogP contribution >= 0.6 is 0 Å². The zero-order valence-electron chi connectivity index (χ0n) is 11.0. The summed E-state index contributed by atoms with van der Waals surface area (Å²) in [7, 11) is 0. The zero-order valence-corrected chi connectivity index (χ0v) is 11.0. The van der Waals surface area contributed by atoms with E-state index in [1.165, 1.54) is 5.56 Å². The van der Waals surface area contributed by atoms with Gasteiger partial charge in [-0.25, -0.2) is 4.39 Å². The fourth-order valence-corrected chi connectivity index (χ4v) is 2.84. The van der Waals surface area contributed by atoms with Gasteiger partial charge < -0.3 is 5.32 Å². The third-order valence-electron chi connectivity index (χ3n) is 3.69. The Morgan fingerprint density at radius 1 is 1.53 bits per heavy atom. The summed E-state index contributed by atoms with van der Waals surface area (Å²) in [5.74, 6) is -0.135. The summed E-state index contributed by atoms with van der Waals surface area (Å²) in [6.45, 7) is 3.00. The largest absolute Gasteiger partial charge is 0.306 e. The highest BCUT2D eigenvalue weighted by Gasteiger charge is 2.23. The second-order valence-corrected chi connectivity index (χ2v) is 5.23. The van der Waals surface area contributed by atoms with Crippen molar-refractivity contribution in [1.29, 1.82) is 0 Å². The van der Waals surface area contributed by atoms with Gasteiger partial charge in [-0.1, -0.05) is 6.07 Å². The summed E-state index contributed by atoms with van der Waals surface area (Å²) in [5.41, 5.74) is 2.39. The molecule has 3 rings (SSSR count). The van der Waals surface area contributed by atoms with Crippen LogP contribution in [-0.2, 0) is 13.0 Å². The lowest BCUT2D eigenvalue weighted by molar-refractivity contribution is 0.398. The predicted octanol–water partition coefficient (Wildman–Crippen LogP) is 2.69. The standard InChI is InChI=1S/C15H18FN3/c1-11(10-19-8-2-7-17-19)18-15-6-3-12-9-13(16)4-5-14(12)15/h2,4-5,7-9,11,15,18H,3,6,10H2,1H3. The minimum Gasteiger partial charge on any atom is -0.306 e. The molecule has 0 bridgehead atoms. The summed E-state index contributed by atoms with van der Waals surface area (Å²) in [6.07, 6.45) is 5.76. The topological polar surface area (TPSA) is 29.9 Å². The molecule has 1 heterocycles. The first-order valence-corrected chi connectivity index (χ1v) is 6.74. The molecule has 3 nitrogen and oxygen atoms in total. The van der Waals surface area contributed by atoms with Crippen LogP contribution in [0.25, 0.3) is 0 Å². The normalized spacial score (nSPS) is 19.4. The van der Waals surface area contributed by atoms with E-state index in [0.29, 0.717) is 12.1 Å². The Kier molecular flexibility index (Phi) is 3.34. The van der Waals surface area contributed by atoms with Crippen molar-refractivity contribution in [2.24, 2.45) is 0 Å². The van der Waals surface area contributed by atoms with Crippen molar-refractivity contribution in [2.75, 3.05) is 0 Å². The first-order valence-electron chi connectivity index (χ1n) is 6.74. The molecule has 1 aliphatic carbocycles. The molecule has 19 heavy (non-hydrogen) atoms. The molecule has 0 spiro atoms. The van der Waals surface area contributed by atoms with Crippen LogP contribution in [0.3, 0.4) is 0 Å². The highest BCUT2D eigenvalue weighted by molar-refractivity contribution is 5.35. The van der Waals surface area contributed by atoms with Gasteiger partial charge in [0.05, 0.1) is 6.54 Å². The first-order chi connectivity index (χ1) is 9.22. The van der Waals surface area contributed by atoms with E-state index in [-0.39, 0.29) is 5.82 Å². The van der Waals surface area contributed by atoms with Crippen molar-refractivity contribution < 1.29 is 4.39 Å². The van der Waals surface area contributed by atoms with Crippen LogP contribution < -0.4 is 5.32 Å². The van der Waals surface area contributed by atoms with Crippen LogP contribution in [0, 0.1) is 5.82 Å². The summed E-state index contributed by atoms with van der Waals surface area (Å²) in [4.78, 5) is 0. The molecule has 1 aromatic heterocycles. The molecule has 100 valence electrons. The number of hydrogen-bond acceptors (Lipinski definition) is 2. The smallest absolute Gasteiger partial charge is 0.123 e. The maximum Gasteiger partial charge on any atom is 0.123 e. The zero-order chi connectivity index (χ0) is 13.2. The van der Waals surface area contributed by atoms with Gasteiger partial charge in [-0.2, -0.15) is 5.10 Å². The summed E-state index contributed by atoms with van der Waals surface area (Å²) in [5, 5.41) is 7.82. The molecule has 0 saturated heterocycles. The number of aryl methyl sites for hydroxylation is 1. The Morgan fingerprint density at radius 2 is 2.42 bits per heavy atom. The molecule has 0 aliphatic heterocycles. The van der Waals surface area contributed by atoms with E-state index in [0.717, 1.165) is 24.9 Å². The lowest BCUT2D eigenvalue weighted by Gasteiger charge is -2.20. The molecule has 0 saturated carbocycles. The van der Waals surface area contributed by atoms with Crippen molar-refractivity contribution >= 4 is 0 Å². The van der Waals surface area contributed by atoms with Gasteiger partial charge in [-0.3, -0.25) is 4.68 Å². The molecule has 2 atom stereocenters. The van der Waals surface area contributed by atoms with Crippen molar-refractivity contribution in [1.82, 2.24) is 15.1 Å². The lowest BCUT2D eigenvalue weighted by atomic mass is 10.1. The lowest BCUT2D eigenvalue weighted by Crippen LogP contribution is -2.33. The highest BCUT2D eigenvalue weighted by atomic mass is 19.1. The van der Waals surface area contributed by atoms with E-state index in [2.05, 4.69) is 17.3 Å². The third-order valence-corrected chi connectivity index (χ3v) is 3.69. The van der Waals surface area contributed by atoms with E-state index in [4.69, 9.17) is 0 Å². The molecule has 4 heteroatoms. The van der Waals surface area contributed by atoms with Crippen LogP contribution in [0.4, 0.5) is 4.39 Å². The Morgan fingerprint density at radius 3 is 3.21 bits per heavy atom. The number of fused-ring (bicyclic) bond motifs is 1. The molecular formula is C15H18FN3. The summed E-state index contributed by atoms with van der Waals surface area (Å²) in [6, 6.07) is 7.73. The van der Waals surface area contributed by atoms with Crippen molar-refractivity contribution in [3.63, 3.8) is 0 Å². The van der Waals surface area contributed by atoms with Gasteiger partial charge in [-0.15, -0.1) is 0 Å². The number of aromatic nitrogens is 2. The van der Waals surface area contributed by atoms with E-state index in [1.54, 1.807) is 18.3 Å². The fraction of sp³-hybridized carbons (Fsp3) is 0.400. The number of nitrogens with zero attached hydrogens (tertiary/aromatic N) is 2. The van der Waals surface area contributed by atoms with Crippen molar-refractivity contribution in [3.8, 4) is 0 Å². The van der Waals surface area contributed by atoms with E-state index in [9.17, 15) is 4.39 Å². The Bertz CT molecular complexity index is 551. The molecule has 1 N–H and O–H groups in total. The van der Waals surface area contributed by atoms with E-state index >= 15 is 0 Å². The molecule has 0 amide bonds. The fourth-order valence-electron chi connectivity index (χ4n) is 2.84. The average Bonchev–Trinajstić information content (AvgIpc) is 2.99. The second-order valence-electron chi connectivity index (χ2n) is 5.23. The monoisotopic (exact) mass is 259 g/mol. The van der Waals surface area contributed by atoms with Crippen molar-refractivity contribution in [3.05, 3.63) is 53.6 Å². The Labute approximate surface area is 112 Å². The molecule has 0 radical (unpaired) electrons. The highest BCUT2D eigenvalue weighted by Crippen LogP contribution is 2.31. The van der Waals surface area contributed by atoms with Crippen molar-refractivity contribution in [2.45, 2.75) is 38.4 Å². The van der Waals surface area contributed by atoms with Gasteiger partial charge in [0.1, 0.15) is 5.82 Å². The van der Waals surface area contributed by atoms with E-state index in [1.807, 2.05) is 23.0 Å². The second kappa shape index (κ2) is 5.13. The number of benzene rings is 1. The summed E-state index contributed by atoms with van der Waals surface area (Å²) < 4.78 is 15.1. The molecule has 0 fully saturated rings. The number of rotatable bonds is 4. The maximum absolute atomic E-state index is 13.2. The predicted molar refractivity (Wildman–Crippen MR) is 72.3 cm³/mol. The number of hydrogen-bond donors (Lipinski definition) is 1. The van der Waals surface area contributed by atoms with E-state index < -0.39 is 0 Å². The number of halogens is 1. The van der Waals surface area contributed by atoms with Gasteiger partial charge >= 0.3 is 0 Å². The average molecular weight is 259 g/mol. The molecular weight excluding hydrogens is 241 g/mol. The quantitative estimate of drug-likeness (QED) is 0.915. The molecule has 1 aromatic carbocycles. The minimum absolute atomic E-state index is 0.135. The molecule has 2 unspecified atom stereocenters. The first kappa shape index (κ1) is 12.4. The van der Waals surface area contributed by atoms with Gasteiger partial charge in [0.25, 0.3) is 0 Å². The number of nitrogens with one attached hydrogen (secondary N) is 1. The minimum atomic E-state index is -0.135.